The Labute approximate surface area is 119 Å². The third-order valence-corrected chi connectivity index (χ3v) is 3.69. The van der Waals surface area contributed by atoms with E-state index in [1.807, 2.05) is 30.3 Å². The second-order valence-corrected chi connectivity index (χ2v) is 5.20. The fourth-order valence-electron chi connectivity index (χ4n) is 2.38. The van der Waals surface area contributed by atoms with Crippen LogP contribution in [0.3, 0.4) is 0 Å². The highest BCUT2D eigenvalue weighted by Crippen LogP contribution is 2.31. The highest BCUT2D eigenvalue weighted by molar-refractivity contribution is 5.40. The average Bonchev–Trinajstić information content (AvgIpc) is 2.53. The number of nitrogens with two attached hydrogens (primary N) is 1. The minimum absolute atomic E-state index is 0.0913. The van der Waals surface area contributed by atoms with Crippen molar-refractivity contribution in [1.82, 2.24) is 0 Å². The van der Waals surface area contributed by atoms with E-state index in [0.717, 1.165) is 18.0 Å². The molecule has 0 aliphatic carbocycles. The van der Waals surface area contributed by atoms with Gasteiger partial charge in [0, 0.05) is 5.56 Å². The van der Waals surface area contributed by atoms with Crippen molar-refractivity contribution in [2.24, 2.45) is 0 Å². The van der Waals surface area contributed by atoms with E-state index >= 15 is 0 Å². The van der Waals surface area contributed by atoms with E-state index < -0.39 is 0 Å². The molecule has 3 heteroatoms. The summed E-state index contributed by atoms with van der Waals surface area (Å²) in [5.74, 6) is 1.70. The Morgan fingerprint density at radius 3 is 2.55 bits per heavy atom. The zero-order valence-corrected chi connectivity index (χ0v) is 11.7. The summed E-state index contributed by atoms with van der Waals surface area (Å²) >= 11 is 0. The molecule has 3 rings (SSSR count). The molecular formula is C17H20NO2+. The van der Waals surface area contributed by atoms with Gasteiger partial charge >= 0.3 is 0 Å². The number of hydrogen-bond acceptors (Lipinski definition) is 2. The molecule has 0 fully saturated rings. The Kier molecular flexibility index (Phi) is 3.88. The lowest BCUT2D eigenvalue weighted by Crippen LogP contribution is -2.91. The Balaban J connectivity index is 1.58. The molecule has 0 unspecified atom stereocenters. The van der Waals surface area contributed by atoms with Crippen LogP contribution in [0.5, 0.6) is 11.5 Å². The van der Waals surface area contributed by atoms with Crippen LogP contribution < -0.4 is 14.8 Å². The van der Waals surface area contributed by atoms with Crippen molar-refractivity contribution >= 4 is 0 Å². The summed E-state index contributed by atoms with van der Waals surface area (Å²) in [5.41, 5.74) is 1.33. The van der Waals surface area contributed by atoms with E-state index in [1.165, 1.54) is 5.56 Å². The first kappa shape index (κ1) is 13.0. The van der Waals surface area contributed by atoms with Crippen molar-refractivity contribution < 1.29 is 14.8 Å². The molecule has 2 aromatic rings. The largest absolute Gasteiger partial charge is 0.486 e. The van der Waals surface area contributed by atoms with Gasteiger partial charge in [0.05, 0.1) is 0 Å². The number of quaternary nitrogens is 1. The van der Waals surface area contributed by atoms with Gasteiger partial charge in [0.15, 0.2) is 17.6 Å². The molecule has 0 saturated heterocycles. The first-order valence-corrected chi connectivity index (χ1v) is 7.08. The Morgan fingerprint density at radius 1 is 1.05 bits per heavy atom. The molecule has 3 nitrogen and oxygen atoms in total. The van der Waals surface area contributed by atoms with E-state index in [9.17, 15) is 0 Å². The van der Waals surface area contributed by atoms with Gasteiger partial charge in [-0.25, -0.2) is 0 Å². The molecule has 2 atom stereocenters. The Hall–Kier alpha value is -2.00. The van der Waals surface area contributed by atoms with Gasteiger partial charge in [-0.3, -0.25) is 0 Å². The third kappa shape index (κ3) is 2.94. The number of rotatable bonds is 4. The minimum Gasteiger partial charge on any atom is -0.486 e. The molecule has 20 heavy (non-hydrogen) atoms. The van der Waals surface area contributed by atoms with Crippen LogP contribution in [0.1, 0.15) is 12.5 Å². The fraction of sp³-hybridized carbons (Fsp3) is 0.294. The number of para-hydroxylation sites is 2. The SMILES string of the molecule is C[C@@H]([NH2+]Cc1ccccc1)[C@@H]1COc2ccccc2O1. The lowest BCUT2D eigenvalue weighted by molar-refractivity contribution is -0.707. The quantitative estimate of drug-likeness (QED) is 0.922. The van der Waals surface area contributed by atoms with Crippen LogP contribution >= 0.6 is 0 Å². The lowest BCUT2D eigenvalue weighted by Gasteiger charge is -2.29. The van der Waals surface area contributed by atoms with E-state index in [4.69, 9.17) is 9.47 Å². The highest BCUT2D eigenvalue weighted by Gasteiger charge is 2.28. The summed E-state index contributed by atoms with van der Waals surface area (Å²) in [5, 5.41) is 2.30. The monoisotopic (exact) mass is 270 g/mol. The molecule has 0 saturated carbocycles. The summed E-state index contributed by atoms with van der Waals surface area (Å²) in [6.45, 7) is 3.76. The maximum atomic E-state index is 6.03. The topological polar surface area (TPSA) is 35.1 Å². The maximum Gasteiger partial charge on any atom is 0.184 e. The molecule has 0 aromatic heterocycles. The first-order valence-electron chi connectivity index (χ1n) is 7.08. The van der Waals surface area contributed by atoms with Crippen LogP contribution in [0, 0.1) is 0 Å². The Morgan fingerprint density at radius 2 is 1.75 bits per heavy atom. The van der Waals surface area contributed by atoms with E-state index in [2.05, 4.69) is 36.5 Å². The second kappa shape index (κ2) is 5.97. The van der Waals surface area contributed by atoms with Gasteiger partial charge in [-0.1, -0.05) is 42.5 Å². The fourth-order valence-corrected chi connectivity index (χ4v) is 2.38. The van der Waals surface area contributed by atoms with Crippen LogP contribution in [0.15, 0.2) is 54.6 Å². The van der Waals surface area contributed by atoms with Gasteiger partial charge in [-0.15, -0.1) is 0 Å². The number of ether oxygens (including phenoxy) is 2. The number of fused-ring (bicyclic) bond motifs is 1. The van der Waals surface area contributed by atoms with Crippen LogP contribution in [0.4, 0.5) is 0 Å². The summed E-state index contributed by atoms with van der Waals surface area (Å²) < 4.78 is 11.8. The predicted octanol–water partition coefficient (Wildman–Crippen LogP) is 1.98. The summed E-state index contributed by atoms with van der Waals surface area (Å²) in [6.07, 6.45) is 0.0913. The predicted molar refractivity (Wildman–Crippen MR) is 77.9 cm³/mol. The van der Waals surface area contributed by atoms with E-state index in [0.29, 0.717) is 12.6 Å². The molecule has 0 bridgehead atoms. The first-order chi connectivity index (χ1) is 9.83. The van der Waals surface area contributed by atoms with Gasteiger partial charge in [0.25, 0.3) is 0 Å². The molecule has 1 heterocycles. The van der Waals surface area contributed by atoms with Gasteiger partial charge < -0.3 is 14.8 Å². The standard InChI is InChI=1S/C17H19NO2/c1-13(18-11-14-7-3-2-4-8-14)17-12-19-15-9-5-6-10-16(15)20-17/h2-10,13,17-18H,11-12H2,1H3/p+1/t13-,17+/m1/s1. The van der Waals surface area contributed by atoms with Crippen molar-refractivity contribution in [2.45, 2.75) is 25.6 Å². The van der Waals surface area contributed by atoms with Gasteiger partial charge in [0.1, 0.15) is 19.2 Å². The summed E-state index contributed by atoms with van der Waals surface area (Å²) in [4.78, 5) is 0. The second-order valence-electron chi connectivity index (χ2n) is 5.20. The normalized spacial score (nSPS) is 18.6. The smallest absolute Gasteiger partial charge is 0.184 e. The van der Waals surface area contributed by atoms with Crippen LogP contribution in [0.2, 0.25) is 0 Å². The molecular weight excluding hydrogens is 250 g/mol. The zero-order chi connectivity index (χ0) is 13.8. The van der Waals surface area contributed by atoms with Crippen LogP contribution in [0.25, 0.3) is 0 Å². The van der Waals surface area contributed by atoms with Crippen LogP contribution in [-0.2, 0) is 6.54 Å². The molecule has 1 aliphatic heterocycles. The van der Waals surface area contributed by atoms with Crippen molar-refractivity contribution in [3.05, 3.63) is 60.2 Å². The van der Waals surface area contributed by atoms with Crippen LogP contribution in [-0.4, -0.2) is 18.8 Å². The van der Waals surface area contributed by atoms with Gasteiger partial charge in [0.2, 0.25) is 0 Å². The molecule has 1 aliphatic rings. The van der Waals surface area contributed by atoms with Crippen molar-refractivity contribution in [1.29, 1.82) is 0 Å². The average molecular weight is 270 g/mol. The number of hydrogen-bond donors (Lipinski definition) is 1. The minimum atomic E-state index is 0.0913. The maximum absolute atomic E-state index is 6.03. The van der Waals surface area contributed by atoms with Crippen molar-refractivity contribution in [3.63, 3.8) is 0 Å². The highest BCUT2D eigenvalue weighted by atomic mass is 16.6. The van der Waals surface area contributed by atoms with Crippen molar-refractivity contribution in [3.8, 4) is 11.5 Å². The molecule has 2 N–H and O–H groups in total. The van der Waals surface area contributed by atoms with Gasteiger partial charge in [-0.05, 0) is 19.1 Å². The molecule has 2 aromatic carbocycles. The Bertz CT molecular complexity index is 556. The molecule has 0 spiro atoms. The molecule has 0 radical (unpaired) electrons. The van der Waals surface area contributed by atoms with Crippen molar-refractivity contribution in [2.75, 3.05) is 6.61 Å². The summed E-state index contributed by atoms with van der Waals surface area (Å²) in [7, 11) is 0. The lowest BCUT2D eigenvalue weighted by atomic mass is 10.1. The molecule has 0 amide bonds. The van der Waals surface area contributed by atoms with Gasteiger partial charge in [-0.2, -0.15) is 0 Å². The number of benzene rings is 2. The summed E-state index contributed by atoms with van der Waals surface area (Å²) in [6, 6.07) is 18.7. The molecule has 104 valence electrons. The zero-order valence-electron chi connectivity index (χ0n) is 11.7. The van der Waals surface area contributed by atoms with E-state index in [1.54, 1.807) is 0 Å². The third-order valence-electron chi connectivity index (χ3n) is 3.69. The van der Waals surface area contributed by atoms with E-state index in [-0.39, 0.29) is 6.10 Å².